The summed E-state index contributed by atoms with van der Waals surface area (Å²) in [6.07, 6.45) is 0. The Balaban J connectivity index is 0.00000264. The van der Waals surface area contributed by atoms with E-state index in [9.17, 15) is 4.79 Å². The molecule has 4 nitrogen and oxygen atoms in total. The Morgan fingerprint density at radius 2 is 1.83 bits per heavy atom. The minimum Gasteiger partial charge on any atom is -0.350 e. The van der Waals surface area contributed by atoms with E-state index in [-0.39, 0.29) is 18.3 Å². The highest BCUT2D eigenvalue weighted by Gasteiger charge is 2.18. The summed E-state index contributed by atoms with van der Waals surface area (Å²) < 4.78 is 2.04. The summed E-state index contributed by atoms with van der Waals surface area (Å²) >= 11 is 5.93. The van der Waals surface area contributed by atoms with Crippen LogP contribution < -0.4 is 11.1 Å². The van der Waals surface area contributed by atoms with Gasteiger partial charge in [0.15, 0.2) is 0 Å². The molecule has 23 heavy (non-hydrogen) atoms. The monoisotopic (exact) mass is 355 g/mol. The lowest BCUT2D eigenvalue weighted by atomic mass is 10.1. The van der Waals surface area contributed by atoms with E-state index in [1.807, 2.05) is 62.6 Å². The lowest BCUT2D eigenvalue weighted by Crippen LogP contribution is -2.45. The van der Waals surface area contributed by atoms with E-state index in [1.165, 1.54) is 0 Å². The van der Waals surface area contributed by atoms with Crippen LogP contribution in [-0.4, -0.2) is 22.6 Å². The Kier molecular flexibility index (Phi) is 6.28. The number of aryl methyl sites for hydroxylation is 1. The summed E-state index contributed by atoms with van der Waals surface area (Å²) in [5.74, 6) is -0.105. The van der Waals surface area contributed by atoms with Gasteiger partial charge in [0.25, 0.3) is 5.91 Å². The van der Waals surface area contributed by atoms with Gasteiger partial charge in [-0.25, -0.2) is 0 Å². The van der Waals surface area contributed by atoms with Crippen LogP contribution in [0.5, 0.6) is 0 Å². The van der Waals surface area contributed by atoms with Crippen molar-refractivity contribution in [2.75, 3.05) is 6.54 Å². The Labute approximate surface area is 148 Å². The maximum Gasteiger partial charge on any atom is 0.253 e. The van der Waals surface area contributed by atoms with Crippen molar-refractivity contribution in [3.63, 3.8) is 0 Å². The third kappa shape index (κ3) is 4.74. The van der Waals surface area contributed by atoms with Crippen LogP contribution in [-0.2, 0) is 0 Å². The van der Waals surface area contributed by atoms with Crippen LogP contribution in [0.4, 0.5) is 0 Å². The Hall–Kier alpha value is -1.49. The zero-order valence-electron chi connectivity index (χ0n) is 13.8. The molecule has 2 aromatic rings. The van der Waals surface area contributed by atoms with E-state index in [4.69, 9.17) is 17.3 Å². The van der Waals surface area contributed by atoms with Gasteiger partial charge in [0.1, 0.15) is 0 Å². The number of hydrogen-bond donors (Lipinski definition) is 2. The van der Waals surface area contributed by atoms with Crippen LogP contribution in [0.3, 0.4) is 0 Å². The molecule has 1 amide bonds. The lowest BCUT2D eigenvalue weighted by Gasteiger charge is -2.18. The molecule has 0 aliphatic heterocycles. The maximum atomic E-state index is 12.4. The molecule has 0 unspecified atom stereocenters. The number of amides is 1. The normalized spacial score (nSPS) is 11.0. The molecule has 0 spiro atoms. The fourth-order valence-corrected chi connectivity index (χ4v) is 2.51. The van der Waals surface area contributed by atoms with Gasteiger partial charge in [0, 0.05) is 34.2 Å². The number of carbonyl (C=O) groups excluding carboxylic acids is 1. The molecule has 0 aliphatic carbocycles. The standard InChI is InChI=1S/C17H22ClN3O.ClH/c1-11-9-15(16(22)20-10-17(3,4)19)12(2)21(11)14-7-5-13(18)6-8-14;/h5-9H,10,19H2,1-4H3,(H,20,22);1H. The Morgan fingerprint density at radius 1 is 1.26 bits per heavy atom. The summed E-state index contributed by atoms with van der Waals surface area (Å²) in [6.45, 7) is 8.10. The fraction of sp³-hybridized carbons (Fsp3) is 0.353. The van der Waals surface area contributed by atoms with Crippen LogP contribution in [0.25, 0.3) is 5.69 Å². The smallest absolute Gasteiger partial charge is 0.253 e. The number of aromatic nitrogens is 1. The summed E-state index contributed by atoms with van der Waals surface area (Å²) in [6, 6.07) is 9.45. The van der Waals surface area contributed by atoms with Gasteiger partial charge in [-0.2, -0.15) is 0 Å². The molecule has 0 aliphatic rings. The lowest BCUT2D eigenvalue weighted by molar-refractivity contribution is 0.0945. The van der Waals surface area contributed by atoms with Crippen LogP contribution in [0.2, 0.25) is 5.02 Å². The van der Waals surface area contributed by atoms with E-state index in [2.05, 4.69) is 5.32 Å². The number of benzene rings is 1. The molecule has 0 fully saturated rings. The molecule has 2 rings (SSSR count). The molecule has 0 atom stereocenters. The predicted octanol–water partition coefficient (Wildman–Crippen LogP) is 3.64. The fourth-order valence-electron chi connectivity index (χ4n) is 2.38. The van der Waals surface area contributed by atoms with E-state index in [0.717, 1.165) is 17.1 Å². The molecular formula is C17H23Cl2N3O. The summed E-state index contributed by atoms with van der Waals surface area (Å²) in [5, 5.41) is 3.57. The van der Waals surface area contributed by atoms with Crippen molar-refractivity contribution in [2.45, 2.75) is 33.2 Å². The predicted molar refractivity (Wildman–Crippen MR) is 98.1 cm³/mol. The molecule has 126 valence electrons. The quantitative estimate of drug-likeness (QED) is 0.879. The van der Waals surface area contributed by atoms with E-state index >= 15 is 0 Å². The average Bonchev–Trinajstić information content (AvgIpc) is 2.72. The first-order valence-electron chi connectivity index (χ1n) is 7.21. The van der Waals surface area contributed by atoms with Crippen molar-refractivity contribution in [1.82, 2.24) is 9.88 Å². The van der Waals surface area contributed by atoms with Crippen LogP contribution in [0.1, 0.15) is 35.6 Å². The average molecular weight is 356 g/mol. The molecule has 1 aromatic heterocycles. The second kappa shape index (κ2) is 7.39. The van der Waals surface area contributed by atoms with Gasteiger partial charge < -0.3 is 15.6 Å². The molecule has 0 saturated carbocycles. The maximum absolute atomic E-state index is 12.4. The van der Waals surface area contributed by atoms with E-state index < -0.39 is 5.54 Å². The van der Waals surface area contributed by atoms with Gasteiger partial charge in [-0.3, -0.25) is 4.79 Å². The molecule has 3 N–H and O–H groups in total. The number of nitrogens with two attached hydrogens (primary N) is 1. The molecule has 1 aromatic carbocycles. The Bertz CT molecular complexity index is 685. The number of carbonyl (C=O) groups is 1. The number of nitrogens with zero attached hydrogens (tertiary/aromatic N) is 1. The highest BCUT2D eigenvalue weighted by molar-refractivity contribution is 6.30. The number of nitrogens with one attached hydrogen (secondary N) is 1. The summed E-state index contributed by atoms with van der Waals surface area (Å²) in [4.78, 5) is 12.4. The van der Waals surface area contributed by atoms with Crippen molar-refractivity contribution in [3.8, 4) is 5.69 Å². The van der Waals surface area contributed by atoms with Crippen molar-refractivity contribution in [1.29, 1.82) is 0 Å². The number of hydrogen-bond acceptors (Lipinski definition) is 2. The second-order valence-corrected chi connectivity index (χ2v) is 6.70. The first-order valence-corrected chi connectivity index (χ1v) is 7.59. The first-order chi connectivity index (χ1) is 10.2. The highest BCUT2D eigenvalue weighted by atomic mass is 35.5. The van der Waals surface area contributed by atoms with Crippen molar-refractivity contribution in [2.24, 2.45) is 5.73 Å². The van der Waals surface area contributed by atoms with Gasteiger partial charge in [-0.15, -0.1) is 12.4 Å². The topological polar surface area (TPSA) is 60.1 Å². The van der Waals surface area contributed by atoms with Gasteiger partial charge in [0.2, 0.25) is 0 Å². The highest BCUT2D eigenvalue weighted by Crippen LogP contribution is 2.22. The first kappa shape index (κ1) is 19.6. The third-order valence-corrected chi connectivity index (χ3v) is 3.72. The third-order valence-electron chi connectivity index (χ3n) is 3.47. The van der Waals surface area contributed by atoms with Gasteiger partial charge in [-0.05, 0) is 58.0 Å². The van der Waals surface area contributed by atoms with Crippen LogP contribution in [0.15, 0.2) is 30.3 Å². The molecule has 6 heteroatoms. The Morgan fingerprint density at radius 3 is 2.35 bits per heavy atom. The minimum absolute atomic E-state index is 0. The zero-order valence-corrected chi connectivity index (χ0v) is 15.4. The molecule has 1 heterocycles. The molecule has 0 radical (unpaired) electrons. The minimum atomic E-state index is -0.433. The number of halogens is 2. The molecule has 0 saturated heterocycles. The van der Waals surface area contributed by atoms with Gasteiger partial charge in [-0.1, -0.05) is 11.6 Å². The van der Waals surface area contributed by atoms with Gasteiger partial charge >= 0.3 is 0 Å². The number of rotatable bonds is 4. The van der Waals surface area contributed by atoms with Crippen molar-refractivity contribution in [3.05, 3.63) is 52.3 Å². The molecule has 0 bridgehead atoms. The van der Waals surface area contributed by atoms with Gasteiger partial charge in [0.05, 0.1) is 5.56 Å². The summed E-state index contributed by atoms with van der Waals surface area (Å²) in [5.41, 5.74) is 9.01. The van der Waals surface area contributed by atoms with Crippen LogP contribution >= 0.6 is 24.0 Å². The van der Waals surface area contributed by atoms with Crippen molar-refractivity contribution >= 4 is 29.9 Å². The largest absolute Gasteiger partial charge is 0.350 e. The van der Waals surface area contributed by atoms with E-state index in [0.29, 0.717) is 17.1 Å². The zero-order chi connectivity index (χ0) is 16.5. The SMILES string of the molecule is Cc1cc(C(=O)NCC(C)(C)N)c(C)n1-c1ccc(Cl)cc1.Cl. The second-order valence-electron chi connectivity index (χ2n) is 6.27. The van der Waals surface area contributed by atoms with Crippen molar-refractivity contribution < 1.29 is 4.79 Å². The van der Waals surface area contributed by atoms with E-state index in [1.54, 1.807) is 0 Å². The summed E-state index contributed by atoms with van der Waals surface area (Å²) in [7, 11) is 0. The van der Waals surface area contributed by atoms with Crippen LogP contribution in [0, 0.1) is 13.8 Å². The molecular weight excluding hydrogens is 333 g/mol.